The molecule has 0 aliphatic heterocycles. The number of unbranched alkanes of at least 4 members (excludes halogenated alkanes) is 2. The lowest BCUT2D eigenvalue weighted by molar-refractivity contribution is 0.301. The minimum Gasteiger partial charge on any atom is -0.494 e. The van der Waals surface area contributed by atoms with Gasteiger partial charge < -0.3 is 15.2 Å². The minimum atomic E-state index is 0.421. The van der Waals surface area contributed by atoms with Gasteiger partial charge in [0.15, 0.2) is 0 Å². The molecular formula is C21H25N3O2. The maximum Gasteiger partial charge on any atom is 0.130 e. The molecule has 5 nitrogen and oxygen atoms in total. The first-order chi connectivity index (χ1) is 12.7. The Hall–Kier alpha value is -2.95. The lowest BCUT2D eigenvalue weighted by Gasteiger charge is -2.06. The van der Waals surface area contributed by atoms with Gasteiger partial charge in [-0.2, -0.15) is 5.10 Å². The highest BCUT2D eigenvalue weighted by Crippen LogP contribution is 2.23. The second kappa shape index (κ2) is 8.94. The molecular weight excluding hydrogens is 326 g/mol. The molecule has 2 aromatic carbocycles. The highest BCUT2D eigenvalue weighted by atomic mass is 16.5. The third-order valence-electron chi connectivity index (χ3n) is 4.05. The number of nitrogens with zero attached hydrogens (tertiary/aromatic N) is 1. The fraction of sp³-hybridized carbons (Fsp3) is 0.286. The van der Waals surface area contributed by atoms with Crippen LogP contribution in [0.4, 0.5) is 5.69 Å². The van der Waals surface area contributed by atoms with Gasteiger partial charge in [-0.3, -0.25) is 5.10 Å². The van der Waals surface area contributed by atoms with Gasteiger partial charge in [-0.1, -0.05) is 31.9 Å². The average Bonchev–Trinajstić information content (AvgIpc) is 3.14. The normalized spacial score (nSPS) is 10.7. The summed E-state index contributed by atoms with van der Waals surface area (Å²) in [5.41, 5.74) is 9.20. The van der Waals surface area contributed by atoms with E-state index in [-0.39, 0.29) is 0 Å². The highest BCUT2D eigenvalue weighted by molar-refractivity contribution is 5.61. The highest BCUT2D eigenvalue weighted by Gasteiger charge is 2.06. The van der Waals surface area contributed by atoms with Crippen molar-refractivity contribution in [1.29, 1.82) is 0 Å². The van der Waals surface area contributed by atoms with E-state index in [9.17, 15) is 0 Å². The molecule has 0 aliphatic rings. The van der Waals surface area contributed by atoms with E-state index in [0.29, 0.717) is 6.61 Å². The van der Waals surface area contributed by atoms with Gasteiger partial charge in [0.1, 0.15) is 18.1 Å². The second-order valence-electron chi connectivity index (χ2n) is 6.22. The van der Waals surface area contributed by atoms with Crippen molar-refractivity contribution in [2.75, 3.05) is 12.3 Å². The monoisotopic (exact) mass is 351 g/mol. The first-order valence-electron chi connectivity index (χ1n) is 9.00. The molecule has 0 unspecified atom stereocenters. The molecule has 0 amide bonds. The number of aromatic nitrogens is 2. The van der Waals surface area contributed by atoms with E-state index in [0.717, 1.165) is 47.2 Å². The van der Waals surface area contributed by atoms with E-state index in [2.05, 4.69) is 17.1 Å². The molecule has 0 atom stereocenters. The van der Waals surface area contributed by atoms with E-state index in [4.69, 9.17) is 15.2 Å². The zero-order valence-electron chi connectivity index (χ0n) is 15.1. The minimum absolute atomic E-state index is 0.421. The Morgan fingerprint density at radius 3 is 2.62 bits per heavy atom. The quantitative estimate of drug-likeness (QED) is 0.429. The molecule has 26 heavy (non-hydrogen) atoms. The van der Waals surface area contributed by atoms with Crippen LogP contribution in [0.1, 0.15) is 31.9 Å². The van der Waals surface area contributed by atoms with Crippen molar-refractivity contribution in [3.8, 4) is 22.8 Å². The number of aromatic amines is 1. The number of benzene rings is 2. The van der Waals surface area contributed by atoms with Crippen LogP contribution in [0.3, 0.4) is 0 Å². The van der Waals surface area contributed by atoms with Gasteiger partial charge in [0.25, 0.3) is 0 Å². The molecule has 0 radical (unpaired) electrons. The van der Waals surface area contributed by atoms with Gasteiger partial charge in [-0.15, -0.1) is 0 Å². The van der Waals surface area contributed by atoms with Crippen molar-refractivity contribution in [1.82, 2.24) is 10.2 Å². The summed E-state index contributed by atoms with van der Waals surface area (Å²) in [5.74, 6) is 1.65. The van der Waals surface area contributed by atoms with Gasteiger partial charge in [-0.25, -0.2) is 0 Å². The van der Waals surface area contributed by atoms with E-state index in [1.807, 2.05) is 54.6 Å². The van der Waals surface area contributed by atoms with E-state index >= 15 is 0 Å². The van der Waals surface area contributed by atoms with Gasteiger partial charge in [0.2, 0.25) is 0 Å². The zero-order valence-corrected chi connectivity index (χ0v) is 15.1. The number of ether oxygens (including phenoxy) is 2. The standard InChI is InChI=1S/C21H25N3O2/c1-2-3-4-12-25-20-7-5-6-16(13-20)21-14-18(23-24-21)15-26-19-10-8-17(22)9-11-19/h5-11,13-14H,2-4,12,15,22H2,1H3,(H,23,24). The fourth-order valence-electron chi connectivity index (χ4n) is 2.60. The molecule has 3 aromatic rings. The first kappa shape index (κ1) is 17.9. The van der Waals surface area contributed by atoms with Crippen LogP contribution in [0, 0.1) is 0 Å². The predicted octanol–water partition coefficient (Wildman–Crippen LogP) is 4.81. The van der Waals surface area contributed by atoms with Crippen LogP contribution in [0.15, 0.2) is 54.6 Å². The smallest absolute Gasteiger partial charge is 0.130 e. The number of nitrogens with two attached hydrogens (primary N) is 1. The fourth-order valence-corrected chi connectivity index (χ4v) is 2.60. The number of anilines is 1. The summed E-state index contributed by atoms with van der Waals surface area (Å²) in [6, 6.07) is 17.4. The zero-order chi connectivity index (χ0) is 18.2. The van der Waals surface area contributed by atoms with Crippen LogP contribution in [0.5, 0.6) is 11.5 Å². The summed E-state index contributed by atoms with van der Waals surface area (Å²) >= 11 is 0. The molecule has 0 aliphatic carbocycles. The maximum atomic E-state index is 5.82. The summed E-state index contributed by atoms with van der Waals surface area (Å²) in [7, 11) is 0. The first-order valence-corrected chi connectivity index (χ1v) is 9.00. The molecule has 1 heterocycles. The Morgan fingerprint density at radius 2 is 1.81 bits per heavy atom. The van der Waals surface area contributed by atoms with E-state index < -0.39 is 0 Å². The Labute approximate surface area is 154 Å². The summed E-state index contributed by atoms with van der Waals surface area (Å²) < 4.78 is 11.6. The number of nitrogen functional groups attached to an aromatic ring is 1. The van der Waals surface area contributed by atoms with Gasteiger partial charge >= 0.3 is 0 Å². The van der Waals surface area contributed by atoms with Gasteiger partial charge in [0, 0.05) is 11.3 Å². The number of rotatable bonds is 9. The van der Waals surface area contributed by atoms with Crippen molar-refractivity contribution < 1.29 is 9.47 Å². The maximum absolute atomic E-state index is 5.82. The lowest BCUT2D eigenvalue weighted by atomic mass is 10.1. The third-order valence-corrected chi connectivity index (χ3v) is 4.05. The number of hydrogen-bond acceptors (Lipinski definition) is 4. The SMILES string of the molecule is CCCCCOc1cccc(-c2cc(COc3ccc(N)cc3)[nH]n2)c1. The van der Waals surface area contributed by atoms with Crippen LogP contribution >= 0.6 is 0 Å². The Morgan fingerprint density at radius 1 is 0.962 bits per heavy atom. The van der Waals surface area contributed by atoms with Crippen LogP contribution in [-0.2, 0) is 6.61 Å². The molecule has 3 N–H and O–H groups in total. The largest absolute Gasteiger partial charge is 0.494 e. The summed E-state index contributed by atoms with van der Waals surface area (Å²) in [4.78, 5) is 0. The van der Waals surface area contributed by atoms with Gasteiger partial charge in [-0.05, 0) is 48.9 Å². The van der Waals surface area contributed by atoms with Crippen molar-refractivity contribution in [2.24, 2.45) is 0 Å². The topological polar surface area (TPSA) is 73.2 Å². The number of nitrogens with one attached hydrogen (secondary N) is 1. The van der Waals surface area contributed by atoms with Crippen LogP contribution < -0.4 is 15.2 Å². The summed E-state index contributed by atoms with van der Waals surface area (Å²) in [6.45, 7) is 3.36. The molecule has 0 saturated carbocycles. The third kappa shape index (κ3) is 5.02. The predicted molar refractivity (Wildman–Crippen MR) is 104 cm³/mol. The van der Waals surface area contributed by atoms with Crippen molar-refractivity contribution in [3.63, 3.8) is 0 Å². The van der Waals surface area contributed by atoms with E-state index in [1.165, 1.54) is 12.8 Å². The van der Waals surface area contributed by atoms with Crippen LogP contribution in [0.25, 0.3) is 11.3 Å². The Bertz CT molecular complexity index is 812. The molecule has 5 heteroatoms. The number of hydrogen-bond donors (Lipinski definition) is 2. The molecule has 0 bridgehead atoms. The number of H-pyrrole nitrogens is 1. The average molecular weight is 351 g/mol. The van der Waals surface area contributed by atoms with Gasteiger partial charge in [0.05, 0.1) is 18.0 Å². The molecule has 0 spiro atoms. The lowest BCUT2D eigenvalue weighted by Crippen LogP contribution is -1.96. The van der Waals surface area contributed by atoms with Crippen LogP contribution in [-0.4, -0.2) is 16.8 Å². The molecule has 3 rings (SSSR count). The Balaban J connectivity index is 1.59. The molecule has 0 fully saturated rings. The van der Waals surface area contributed by atoms with Crippen molar-refractivity contribution >= 4 is 5.69 Å². The summed E-state index contributed by atoms with van der Waals surface area (Å²) in [5, 5.41) is 7.41. The summed E-state index contributed by atoms with van der Waals surface area (Å²) in [6.07, 6.45) is 3.46. The van der Waals surface area contributed by atoms with E-state index in [1.54, 1.807) is 0 Å². The van der Waals surface area contributed by atoms with Crippen molar-refractivity contribution in [2.45, 2.75) is 32.8 Å². The van der Waals surface area contributed by atoms with Crippen molar-refractivity contribution in [3.05, 3.63) is 60.3 Å². The molecule has 0 saturated heterocycles. The Kier molecular flexibility index (Phi) is 6.14. The van der Waals surface area contributed by atoms with Crippen LogP contribution in [0.2, 0.25) is 0 Å². The molecule has 136 valence electrons. The second-order valence-corrected chi connectivity index (χ2v) is 6.22. The molecule has 1 aromatic heterocycles.